The van der Waals surface area contributed by atoms with E-state index in [1.54, 1.807) is 11.8 Å². The summed E-state index contributed by atoms with van der Waals surface area (Å²) >= 11 is 1.70. The van der Waals surface area contributed by atoms with Crippen LogP contribution in [0.4, 0.5) is 0 Å². The number of benzene rings is 1. The van der Waals surface area contributed by atoms with Gasteiger partial charge in [0.25, 0.3) is 0 Å². The fraction of sp³-hybridized carbons (Fsp3) is 0.273. The van der Waals surface area contributed by atoms with Crippen LogP contribution in [-0.4, -0.2) is 17.5 Å². The molecule has 0 spiro atoms. The molecule has 0 aliphatic carbocycles. The van der Waals surface area contributed by atoms with Gasteiger partial charge in [-0.15, -0.1) is 18.2 Å². The normalized spacial score (nSPS) is 12.1. The molecule has 2 heteroatoms. The van der Waals surface area contributed by atoms with Crippen molar-refractivity contribution < 1.29 is 5.11 Å². The van der Waals surface area contributed by atoms with Crippen LogP contribution in [0, 0.1) is 12.3 Å². The van der Waals surface area contributed by atoms with Gasteiger partial charge in [0.05, 0.1) is 0 Å². The van der Waals surface area contributed by atoms with Crippen molar-refractivity contribution >= 4 is 11.8 Å². The molecule has 1 nitrogen and oxygen atoms in total. The molecule has 0 fully saturated rings. The number of aliphatic hydroxyl groups excluding tert-OH is 1. The minimum atomic E-state index is -0.667. The van der Waals surface area contributed by atoms with Crippen molar-refractivity contribution in [3.05, 3.63) is 29.8 Å². The molecular weight excluding hydrogens is 180 g/mol. The summed E-state index contributed by atoms with van der Waals surface area (Å²) in [5, 5.41) is 9.20. The van der Waals surface area contributed by atoms with Gasteiger partial charge in [0.1, 0.15) is 6.10 Å². The molecule has 0 amide bonds. The zero-order chi connectivity index (χ0) is 9.68. The first-order chi connectivity index (χ1) is 6.26. The maximum Gasteiger partial charge on any atom is 0.118 e. The van der Waals surface area contributed by atoms with Crippen molar-refractivity contribution in [3.8, 4) is 12.3 Å². The number of hydrogen-bond acceptors (Lipinski definition) is 2. The van der Waals surface area contributed by atoms with Gasteiger partial charge in [-0.05, 0) is 24.0 Å². The zero-order valence-electron chi connectivity index (χ0n) is 7.53. The lowest BCUT2D eigenvalue weighted by Gasteiger charge is -2.03. The molecule has 1 aromatic carbocycles. The average Bonchev–Trinajstić information content (AvgIpc) is 2.19. The maximum absolute atomic E-state index is 9.20. The summed E-state index contributed by atoms with van der Waals surface area (Å²) in [6.45, 7) is 0. The van der Waals surface area contributed by atoms with E-state index in [0.717, 1.165) is 5.56 Å². The van der Waals surface area contributed by atoms with Gasteiger partial charge in [0.2, 0.25) is 0 Å². The van der Waals surface area contributed by atoms with Gasteiger partial charge in [0.15, 0.2) is 0 Å². The molecular formula is C11H12OS. The number of terminal acetylenes is 1. The Hall–Kier alpha value is -0.910. The Morgan fingerprint density at radius 3 is 2.54 bits per heavy atom. The highest BCUT2D eigenvalue weighted by molar-refractivity contribution is 7.98. The van der Waals surface area contributed by atoms with Crippen molar-refractivity contribution in [2.75, 3.05) is 6.26 Å². The van der Waals surface area contributed by atoms with Crippen molar-refractivity contribution in [2.24, 2.45) is 0 Å². The molecule has 13 heavy (non-hydrogen) atoms. The Labute approximate surface area is 83.2 Å². The van der Waals surface area contributed by atoms with Crippen LogP contribution in [0.1, 0.15) is 5.56 Å². The Kier molecular flexibility index (Phi) is 3.88. The summed E-state index contributed by atoms with van der Waals surface area (Å²) in [4.78, 5) is 1.22. The van der Waals surface area contributed by atoms with Crippen molar-refractivity contribution in [1.29, 1.82) is 0 Å². The summed E-state index contributed by atoms with van der Waals surface area (Å²) in [6.07, 6.45) is 6.97. The van der Waals surface area contributed by atoms with E-state index in [1.165, 1.54) is 4.90 Å². The molecule has 0 bridgehead atoms. The van der Waals surface area contributed by atoms with E-state index < -0.39 is 6.10 Å². The number of thioether (sulfide) groups is 1. The van der Waals surface area contributed by atoms with Crippen molar-refractivity contribution in [1.82, 2.24) is 0 Å². The molecule has 0 heterocycles. The standard InChI is InChI=1S/C11H12OS/c1-3-10(12)8-9-4-6-11(13-2)7-5-9/h1,4-7,10,12H,8H2,2H3. The van der Waals surface area contributed by atoms with Crippen LogP contribution in [0.5, 0.6) is 0 Å². The second kappa shape index (κ2) is 4.96. The predicted molar refractivity (Wildman–Crippen MR) is 56.8 cm³/mol. The molecule has 1 unspecified atom stereocenters. The van der Waals surface area contributed by atoms with E-state index in [0.29, 0.717) is 6.42 Å². The van der Waals surface area contributed by atoms with E-state index in [-0.39, 0.29) is 0 Å². The number of rotatable bonds is 3. The largest absolute Gasteiger partial charge is 0.380 e. The lowest BCUT2D eigenvalue weighted by atomic mass is 10.1. The molecule has 1 atom stereocenters. The minimum Gasteiger partial charge on any atom is -0.380 e. The van der Waals surface area contributed by atoms with Crippen LogP contribution < -0.4 is 0 Å². The Morgan fingerprint density at radius 2 is 2.08 bits per heavy atom. The Morgan fingerprint density at radius 1 is 1.46 bits per heavy atom. The third kappa shape index (κ3) is 3.14. The minimum absolute atomic E-state index is 0.533. The molecule has 68 valence electrons. The van der Waals surface area contributed by atoms with E-state index in [4.69, 9.17) is 6.42 Å². The first-order valence-electron chi connectivity index (χ1n) is 4.03. The number of hydrogen-bond donors (Lipinski definition) is 1. The lowest BCUT2D eigenvalue weighted by molar-refractivity contribution is 0.233. The van der Waals surface area contributed by atoms with Gasteiger partial charge in [-0.3, -0.25) is 0 Å². The van der Waals surface area contributed by atoms with Crippen LogP contribution in [0.3, 0.4) is 0 Å². The van der Waals surface area contributed by atoms with E-state index >= 15 is 0 Å². The average molecular weight is 192 g/mol. The van der Waals surface area contributed by atoms with Gasteiger partial charge in [0, 0.05) is 11.3 Å². The molecule has 0 saturated carbocycles. The third-order valence-electron chi connectivity index (χ3n) is 1.78. The molecule has 0 aliphatic rings. The summed E-state index contributed by atoms with van der Waals surface area (Å²) in [7, 11) is 0. The summed E-state index contributed by atoms with van der Waals surface area (Å²) in [5.41, 5.74) is 1.07. The Balaban J connectivity index is 2.65. The van der Waals surface area contributed by atoms with E-state index in [9.17, 15) is 5.11 Å². The highest BCUT2D eigenvalue weighted by Gasteiger charge is 2.00. The fourth-order valence-electron chi connectivity index (χ4n) is 1.04. The van der Waals surface area contributed by atoms with Gasteiger partial charge >= 0.3 is 0 Å². The monoisotopic (exact) mass is 192 g/mol. The first-order valence-corrected chi connectivity index (χ1v) is 5.26. The number of aliphatic hydroxyl groups is 1. The molecule has 0 radical (unpaired) electrons. The van der Waals surface area contributed by atoms with Crippen LogP contribution in [0.15, 0.2) is 29.2 Å². The van der Waals surface area contributed by atoms with E-state index in [2.05, 4.69) is 5.92 Å². The molecule has 0 aliphatic heterocycles. The first kappa shape index (κ1) is 10.2. The summed E-state index contributed by atoms with van der Waals surface area (Å²) < 4.78 is 0. The molecule has 1 rings (SSSR count). The fourth-order valence-corrected chi connectivity index (χ4v) is 1.45. The zero-order valence-corrected chi connectivity index (χ0v) is 8.34. The topological polar surface area (TPSA) is 20.2 Å². The summed E-state index contributed by atoms with van der Waals surface area (Å²) in [5.74, 6) is 2.29. The summed E-state index contributed by atoms with van der Waals surface area (Å²) in [6, 6.07) is 8.05. The van der Waals surface area contributed by atoms with Gasteiger partial charge in [-0.1, -0.05) is 18.1 Å². The maximum atomic E-state index is 9.20. The lowest BCUT2D eigenvalue weighted by Crippen LogP contribution is -2.06. The molecule has 0 saturated heterocycles. The van der Waals surface area contributed by atoms with Gasteiger partial charge in [-0.2, -0.15) is 0 Å². The van der Waals surface area contributed by atoms with Crippen molar-refractivity contribution in [3.63, 3.8) is 0 Å². The van der Waals surface area contributed by atoms with Crippen molar-refractivity contribution in [2.45, 2.75) is 17.4 Å². The Bertz CT molecular complexity index is 297. The van der Waals surface area contributed by atoms with Crippen LogP contribution in [0.25, 0.3) is 0 Å². The van der Waals surface area contributed by atoms with Crippen LogP contribution >= 0.6 is 11.8 Å². The smallest absolute Gasteiger partial charge is 0.118 e. The van der Waals surface area contributed by atoms with E-state index in [1.807, 2.05) is 30.5 Å². The quantitative estimate of drug-likeness (QED) is 0.583. The highest BCUT2D eigenvalue weighted by Crippen LogP contribution is 2.15. The highest BCUT2D eigenvalue weighted by atomic mass is 32.2. The molecule has 1 aromatic rings. The predicted octanol–water partition coefficient (Wildman–Crippen LogP) is 1.95. The van der Waals surface area contributed by atoms with Crippen LogP contribution in [0.2, 0.25) is 0 Å². The SMILES string of the molecule is C#CC(O)Cc1ccc(SC)cc1. The second-order valence-corrected chi connectivity index (χ2v) is 3.61. The van der Waals surface area contributed by atoms with Crippen LogP contribution in [-0.2, 0) is 6.42 Å². The molecule has 1 N–H and O–H groups in total. The van der Waals surface area contributed by atoms with Gasteiger partial charge < -0.3 is 5.11 Å². The second-order valence-electron chi connectivity index (χ2n) is 2.73. The van der Waals surface area contributed by atoms with Gasteiger partial charge in [-0.25, -0.2) is 0 Å². The molecule has 0 aromatic heterocycles. The third-order valence-corrected chi connectivity index (χ3v) is 2.52.